The van der Waals surface area contributed by atoms with Gasteiger partial charge in [0.2, 0.25) is 5.91 Å². The summed E-state index contributed by atoms with van der Waals surface area (Å²) in [6.45, 7) is 4.54. The average molecular weight is 274 g/mol. The summed E-state index contributed by atoms with van der Waals surface area (Å²) in [5, 5.41) is 0. The minimum Gasteiger partial charge on any atom is -0.347 e. The van der Waals surface area contributed by atoms with Crippen molar-refractivity contribution in [2.75, 3.05) is 7.05 Å². The summed E-state index contributed by atoms with van der Waals surface area (Å²) in [6.07, 6.45) is 3.43. The Kier molecular flexibility index (Phi) is 4.32. The van der Waals surface area contributed by atoms with E-state index in [1.54, 1.807) is 24.3 Å². The van der Waals surface area contributed by atoms with Crippen molar-refractivity contribution in [3.05, 3.63) is 18.2 Å². The smallest absolute Gasteiger partial charge is 0.236 e. The molecule has 1 aromatic heterocycles. The number of imidazole rings is 1. The zero-order valence-electron chi connectivity index (χ0n) is 9.20. The van der Waals surface area contributed by atoms with Crippen molar-refractivity contribution in [3.8, 4) is 0 Å². The van der Waals surface area contributed by atoms with Gasteiger partial charge in [-0.25, -0.2) is 4.98 Å². The van der Waals surface area contributed by atoms with E-state index in [1.165, 1.54) is 0 Å². The number of carbonyl (C=O) groups excluding carboxylic acids is 1. The number of aromatic amines is 1. The third kappa shape index (κ3) is 3.34. The first-order chi connectivity index (χ1) is 7.02. The molecule has 0 aliphatic heterocycles. The van der Waals surface area contributed by atoms with Gasteiger partial charge in [0, 0.05) is 19.4 Å². The number of amides is 1. The fourth-order valence-electron chi connectivity index (χ4n) is 1.18. The molecule has 84 valence electrons. The number of hydrogen-bond donors (Lipinski definition) is 1. The molecule has 1 aromatic rings. The number of carbonyl (C=O) groups is 1. The number of hydrogen-bond acceptors (Lipinski definition) is 2. The van der Waals surface area contributed by atoms with Crippen molar-refractivity contribution < 1.29 is 4.79 Å². The molecule has 1 atom stereocenters. The summed E-state index contributed by atoms with van der Waals surface area (Å²) in [6, 6.07) is 0. The van der Waals surface area contributed by atoms with Crippen LogP contribution in [0.15, 0.2) is 12.4 Å². The van der Waals surface area contributed by atoms with Crippen molar-refractivity contribution >= 4 is 21.8 Å². The van der Waals surface area contributed by atoms with Gasteiger partial charge in [-0.15, -0.1) is 0 Å². The number of H-pyrrole nitrogens is 1. The molecule has 0 bridgehead atoms. The lowest BCUT2D eigenvalue weighted by Gasteiger charge is -2.21. The van der Waals surface area contributed by atoms with Gasteiger partial charge in [0.15, 0.2) is 0 Å². The van der Waals surface area contributed by atoms with Crippen LogP contribution >= 0.6 is 15.9 Å². The van der Waals surface area contributed by atoms with Gasteiger partial charge >= 0.3 is 0 Å². The van der Waals surface area contributed by atoms with E-state index in [4.69, 9.17) is 0 Å². The molecule has 0 radical (unpaired) electrons. The van der Waals surface area contributed by atoms with Gasteiger partial charge in [0.05, 0.1) is 11.4 Å². The molecule has 0 aliphatic rings. The second-order valence-corrected chi connectivity index (χ2v) is 4.86. The lowest BCUT2D eigenvalue weighted by atomic mass is 10.1. The van der Waals surface area contributed by atoms with Crippen LogP contribution in [0.5, 0.6) is 0 Å². The summed E-state index contributed by atoms with van der Waals surface area (Å²) < 4.78 is 0. The van der Waals surface area contributed by atoms with E-state index in [0.29, 0.717) is 6.54 Å². The molecule has 15 heavy (non-hydrogen) atoms. The Bertz CT molecular complexity index is 310. The van der Waals surface area contributed by atoms with Crippen molar-refractivity contribution in [1.82, 2.24) is 14.9 Å². The third-order valence-corrected chi connectivity index (χ3v) is 3.59. The molecule has 1 heterocycles. The maximum Gasteiger partial charge on any atom is 0.236 e. The normalized spacial score (nSPS) is 12.9. The minimum atomic E-state index is -0.127. The summed E-state index contributed by atoms with van der Waals surface area (Å²) in [5.74, 6) is 1.17. The molecule has 0 aromatic carbocycles. The number of nitrogens with one attached hydrogen (secondary N) is 1. The summed E-state index contributed by atoms with van der Waals surface area (Å²) in [5.41, 5.74) is 0. The lowest BCUT2D eigenvalue weighted by molar-refractivity contribution is -0.130. The fraction of sp³-hybridized carbons (Fsp3) is 0.600. The SMILES string of the molecule is CC(C)C(Br)C(=O)N(C)Cc1ncc[nH]1. The Morgan fingerprint density at radius 2 is 2.33 bits per heavy atom. The van der Waals surface area contributed by atoms with Gasteiger partial charge in [0.25, 0.3) is 0 Å². The topological polar surface area (TPSA) is 49.0 Å². The molecule has 0 saturated heterocycles. The maximum absolute atomic E-state index is 11.8. The van der Waals surface area contributed by atoms with Crippen molar-refractivity contribution in [3.63, 3.8) is 0 Å². The van der Waals surface area contributed by atoms with Gasteiger partial charge in [0.1, 0.15) is 5.82 Å². The molecule has 1 rings (SSSR count). The molecule has 1 amide bonds. The van der Waals surface area contributed by atoms with Crippen LogP contribution in [0, 0.1) is 5.92 Å². The Morgan fingerprint density at radius 3 is 2.80 bits per heavy atom. The van der Waals surface area contributed by atoms with Crippen LogP contribution in [0.2, 0.25) is 0 Å². The van der Waals surface area contributed by atoms with Crippen LogP contribution in [0.25, 0.3) is 0 Å². The average Bonchev–Trinajstić information content (AvgIpc) is 2.67. The highest BCUT2D eigenvalue weighted by molar-refractivity contribution is 9.10. The maximum atomic E-state index is 11.8. The molecule has 0 aliphatic carbocycles. The molecule has 1 N–H and O–H groups in total. The number of halogens is 1. The van der Waals surface area contributed by atoms with E-state index in [-0.39, 0.29) is 16.7 Å². The molecule has 4 nitrogen and oxygen atoms in total. The predicted molar refractivity (Wildman–Crippen MR) is 62.6 cm³/mol. The van der Waals surface area contributed by atoms with Crippen LogP contribution in [0.3, 0.4) is 0 Å². The predicted octanol–water partition coefficient (Wildman–Crippen LogP) is 1.79. The minimum absolute atomic E-state index is 0.0846. The molecular formula is C10H16BrN3O. The molecule has 1 unspecified atom stereocenters. The molecular weight excluding hydrogens is 258 g/mol. The van der Waals surface area contributed by atoms with Gasteiger partial charge in [-0.1, -0.05) is 29.8 Å². The van der Waals surface area contributed by atoms with Crippen LogP contribution < -0.4 is 0 Å². The zero-order valence-corrected chi connectivity index (χ0v) is 10.8. The largest absolute Gasteiger partial charge is 0.347 e. The lowest BCUT2D eigenvalue weighted by Crippen LogP contribution is -2.35. The first-order valence-corrected chi connectivity index (χ1v) is 5.81. The first-order valence-electron chi connectivity index (χ1n) is 4.89. The highest BCUT2D eigenvalue weighted by Gasteiger charge is 2.22. The Labute approximate surface area is 98.2 Å². The molecule has 0 saturated carbocycles. The molecule has 0 spiro atoms. The Balaban J connectivity index is 2.54. The van der Waals surface area contributed by atoms with E-state index in [1.807, 2.05) is 13.8 Å². The number of alkyl halides is 1. The van der Waals surface area contributed by atoms with Crippen LogP contribution in [0.1, 0.15) is 19.7 Å². The Morgan fingerprint density at radius 1 is 1.67 bits per heavy atom. The molecule has 0 fully saturated rings. The first kappa shape index (κ1) is 12.2. The summed E-state index contributed by atoms with van der Waals surface area (Å²) in [7, 11) is 1.78. The summed E-state index contributed by atoms with van der Waals surface area (Å²) >= 11 is 3.39. The second-order valence-electron chi connectivity index (χ2n) is 3.88. The van der Waals surface area contributed by atoms with E-state index >= 15 is 0 Å². The second kappa shape index (κ2) is 5.30. The number of aromatic nitrogens is 2. The number of rotatable bonds is 4. The van der Waals surface area contributed by atoms with Crippen molar-refractivity contribution in [2.45, 2.75) is 25.2 Å². The third-order valence-electron chi connectivity index (χ3n) is 2.14. The van der Waals surface area contributed by atoms with E-state index < -0.39 is 0 Å². The molecule has 5 heteroatoms. The summed E-state index contributed by atoms with van der Waals surface area (Å²) in [4.78, 5) is 20.4. The van der Waals surface area contributed by atoms with Crippen LogP contribution in [-0.2, 0) is 11.3 Å². The van der Waals surface area contributed by atoms with Crippen LogP contribution in [0.4, 0.5) is 0 Å². The van der Waals surface area contributed by atoms with E-state index in [2.05, 4.69) is 25.9 Å². The van der Waals surface area contributed by atoms with Gasteiger partial charge < -0.3 is 9.88 Å². The monoisotopic (exact) mass is 273 g/mol. The quantitative estimate of drug-likeness (QED) is 0.851. The van der Waals surface area contributed by atoms with E-state index in [9.17, 15) is 4.79 Å². The van der Waals surface area contributed by atoms with E-state index in [0.717, 1.165) is 5.82 Å². The highest BCUT2D eigenvalue weighted by Crippen LogP contribution is 2.15. The van der Waals surface area contributed by atoms with Gasteiger partial charge in [-0.3, -0.25) is 4.79 Å². The highest BCUT2D eigenvalue weighted by atomic mass is 79.9. The van der Waals surface area contributed by atoms with Gasteiger partial charge in [-0.05, 0) is 5.92 Å². The van der Waals surface area contributed by atoms with Crippen molar-refractivity contribution in [2.24, 2.45) is 5.92 Å². The van der Waals surface area contributed by atoms with Gasteiger partial charge in [-0.2, -0.15) is 0 Å². The fourth-order valence-corrected chi connectivity index (χ4v) is 1.53. The zero-order chi connectivity index (χ0) is 11.4. The number of nitrogens with zero attached hydrogens (tertiary/aromatic N) is 2. The van der Waals surface area contributed by atoms with Crippen molar-refractivity contribution in [1.29, 1.82) is 0 Å². The Hall–Kier alpha value is -0.840. The van der Waals surface area contributed by atoms with Crippen LogP contribution in [-0.4, -0.2) is 32.6 Å². The standard InChI is InChI=1S/C10H16BrN3O/c1-7(2)9(11)10(15)14(3)6-8-12-4-5-13-8/h4-5,7,9H,6H2,1-3H3,(H,12,13).